The first-order chi connectivity index (χ1) is 12.6. The maximum atomic E-state index is 14.2. The Morgan fingerprint density at radius 3 is 1.89 bits per heavy atom. The summed E-state index contributed by atoms with van der Waals surface area (Å²) in [7, 11) is -4.86. The molecule has 0 saturated heterocycles. The molecule has 2 aromatic rings. The summed E-state index contributed by atoms with van der Waals surface area (Å²) in [6.07, 6.45) is 0. The fourth-order valence-corrected chi connectivity index (χ4v) is 3.57. The Morgan fingerprint density at radius 2 is 1.41 bits per heavy atom. The zero-order chi connectivity index (χ0) is 20.4. The molecule has 0 amide bonds. The molecule has 0 unspecified atom stereocenters. The van der Waals surface area contributed by atoms with Gasteiger partial charge in [0.05, 0.1) is 11.5 Å². The van der Waals surface area contributed by atoms with E-state index >= 15 is 0 Å². The molecule has 0 fully saturated rings. The molecule has 2 aromatic carbocycles. The summed E-state index contributed by atoms with van der Waals surface area (Å²) in [6.45, 7) is -0.120. The summed E-state index contributed by atoms with van der Waals surface area (Å²) in [5.41, 5.74) is -1.77. The summed E-state index contributed by atoms with van der Waals surface area (Å²) in [5, 5.41) is 0. The van der Waals surface area contributed by atoms with Crippen molar-refractivity contribution in [2.75, 3.05) is 17.5 Å². The molecule has 0 aliphatic carbocycles. The van der Waals surface area contributed by atoms with Gasteiger partial charge in [0, 0.05) is 0 Å². The predicted molar refractivity (Wildman–Crippen MR) is 83.8 cm³/mol. The van der Waals surface area contributed by atoms with Crippen molar-refractivity contribution in [1.29, 1.82) is 0 Å². The van der Waals surface area contributed by atoms with Gasteiger partial charge in [0.2, 0.25) is 5.82 Å². The molecule has 0 spiro atoms. The van der Waals surface area contributed by atoms with Crippen molar-refractivity contribution in [1.82, 2.24) is 0 Å². The molecule has 0 aliphatic rings. The molecule has 0 bridgehead atoms. The number of esters is 1. The summed E-state index contributed by atoms with van der Waals surface area (Å²) >= 11 is 0. The van der Waals surface area contributed by atoms with Crippen molar-refractivity contribution in [3.63, 3.8) is 0 Å². The number of halogens is 5. The fourth-order valence-electron chi connectivity index (χ4n) is 2.14. The predicted octanol–water partition coefficient (Wildman–Crippen LogP) is 3.14. The summed E-state index contributed by atoms with van der Waals surface area (Å²) in [4.78, 5) is 11.2. The van der Waals surface area contributed by atoms with E-state index in [9.17, 15) is 35.2 Å². The molecule has 0 atom stereocenters. The number of nitrogens with zero attached hydrogens (tertiary/aromatic N) is 1. The van der Waals surface area contributed by atoms with Gasteiger partial charge in [0.15, 0.2) is 23.3 Å². The molecule has 11 heteroatoms. The molecular formula is C16H12F5NO4S. The molecule has 5 nitrogen and oxygen atoms in total. The Kier molecular flexibility index (Phi) is 6.04. The number of rotatable bonds is 6. The third-order valence-corrected chi connectivity index (χ3v) is 5.11. The SMILES string of the molecule is CCOC(=O)CN(c1c(F)c(F)c(F)c(F)c1F)S(=O)(=O)c1ccccc1. The highest BCUT2D eigenvalue weighted by molar-refractivity contribution is 7.92. The first-order valence-corrected chi connectivity index (χ1v) is 8.81. The van der Waals surface area contributed by atoms with E-state index in [0.717, 1.165) is 12.1 Å². The maximum absolute atomic E-state index is 14.2. The molecule has 0 heterocycles. The van der Waals surface area contributed by atoms with Crippen LogP contribution in [0.4, 0.5) is 27.6 Å². The lowest BCUT2D eigenvalue weighted by Gasteiger charge is -2.24. The van der Waals surface area contributed by atoms with E-state index in [1.165, 1.54) is 25.1 Å². The number of anilines is 1. The maximum Gasteiger partial charge on any atom is 0.326 e. The largest absolute Gasteiger partial charge is 0.465 e. The van der Waals surface area contributed by atoms with Crippen molar-refractivity contribution in [2.45, 2.75) is 11.8 Å². The number of carbonyl (C=O) groups excluding carboxylic acids is 1. The monoisotopic (exact) mass is 409 g/mol. The molecule has 0 saturated carbocycles. The molecule has 0 aromatic heterocycles. The van der Waals surface area contributed by atoms with Crippen LogP contribution in [0.5, 0.6) is 0 Å². The van der Waals surface area contributed by atoms with Crippen LogP contribution in [-0.4, -0.2) is 27.5 Å². The quantitative estimate of drug-likeness (QED) is 0.318. The van der Waals surface area contributed by atoms with E-state index in [-0.39, 0.29) is 10.9 Å². The first kappa shape index (κ1) is 20.6. The van der Waals surface area contributed by atoms with E-state index in [1.807, 2.05) is 0 Å². The standard InChI is InChI=1S/C16H12F5NO4S/c1-2-26-10(23)8-22(27(24,25)9-6-4-3-5-7-9)16-14(20)12(18)11(17)13(19)15(16)21/h3-7H,2,8H2,1H3. The topological polar surface area (TPSA) is 63.7 Å². The molecule has 2 rings (SSSR count). The van der Waals surface area contributed by atoms with Gasteiger partial charge >= 0.3 is 5.97 Å². The lowest BCUT2D eigenvalue weighted by Crippen LogP contribution is -2.38. The van der Waals surface area contributed by atoms with E-state index in [1.54, 1.807) is 0 Å². The van der Waals surface area contributed by atoms with Gasteiger partial charge in [-0.05, 0) is 19.1 Å². The van der Waals surface area contributed by atoms with Gasteiger partial charge in [-0.25, -0.2) is 34.7 Å². The van der Waals surface area contributed by atoms with Crippen LogP contribution in [0.1, 0.15) is 6.92 Å². The zero-order valence-corrected chi connectivity index (χ0v) is 14.5. The second-order valence-electron chi connectivity index (χ2n) is 5.05. The van der Waals surface area contributed by atoms with Gasteiger partial charge in [-0.15, -0.1) is 0 Å². The number of hydrogen-bond acceptors (Lipinski definition) is 4. The van der Waals surface area contributed by atoms with Crippen LogP contribution < -0.4 is 4.31 Å². The third-order valence-electron chi connectivity index (χ3n) is 3.35. The molecule has 0 aliphatic heterocycles. The van der Waals surface area contributed by atoms with Crippen LogP contribution in [0.2, 0.25) is 0 Å². The second kappa shape index (κ2) is 7.91. The number of benzene rings is 2. The molecule has 146 valence electrons. The smallest absolute Gasteiger partial charge is 0.326 e. The molecule has 0 radical (unpaired) electrons. The van der Waals surface area contributed by atoms with Crippen molar-refractivity contribution in [2.24, 2.45) is 0 Å². The van der Waals surface area contributed by atoms with Gasteiger partial charge in [-0.2, -0.15) is 0 Å². The Balaban J connectivity index is 2.74. The van der Waals surface area contributed by atoms with E-state index in [2.05, 4.69) is 4.74 Å². The minimum absolute atomic E-state index is 0.199. The Morgan fingerprint density at radius 1 is 0.926 bits per heavy atom. The Labute approximate surface area is 151 Å². The molecule has 0 N–H and O–H groups in total. The van der Waals surface area contributed by atoms with E-state index in [4.69, 9.17) is 0 Å². The highest BCUT2D eigenvalue weighted by Crippen LogP contribution is 2.33. The third kappa shape index (κ3) is 3.87. The van der Waals surface area contributed by atoms with Gasteiger partial charge in [0.25, 0.3) is 10.0 Å². The summed E-state index contributed by atoms with van der Waals surface area (Å²) in [5.74, 6) is -13.2. The molecule has 27 heavy (non-hydrogen) atoms. The van der Waals surface area contributed by atoms with Gasteiger partial charge < -0.3 is 4.74 Å². The minimum Gasteiger partial charge on any atom is -0.465 e. The van der Waals surface area contributed by atoms with Crippen LogP contribution in [0, 0.1) is 29.1 Å². The van der Waals surface area contributed by atoms with Crippen LogP contribution in [0.15, 0.2) is 35.2 Å². The van der Waals surface area contributed by atoms with Gasteiger partial charge in [-0.1, -0.05) is 18.2 Å². The van der Waals surface area contributed by atoms with Crippen molar-refractivity contribution < 1.29 is 39.9 Å². The highest BCUT2D eigenvalue weighted by atomic mass is 32.2. The Bertz CT molecular complexity index is 938. The lowest BCUT2D eigenvalue weighted by atomic mass is 10.2. The zero-order valence-electron chi connectivity index (χ0n) is 13.7. The van der Waals surface area contributed by atoms with Gasteiger partial charge in [0.1, 0.15) is 12.2 Å². The number of carbonyl (C=O) groups is 1. The average molecular weight is 409 g/mol. The van der Waals surface area contributed by atoms with Gasteiger partial charge in [-0.3, -0.25) is 4.79 Å². The first-order valence-electron chi connectivity index (χ1n) is 7.37. The molecular weight excluding hydrogens is 397 g/mol. The average Bonchev–Trinajstić information content (AvgIpc) is 2.65. The van der Waals surface area contributed by atoms with Crippen LogP contribution >= 0.6 is 0 Å². The highest BCUT2D eigenvalue weighted by Gasteiger charge is 2.36. The van der Waals surface area contributed by atoms with Crippen LogP contribution in [0.3, 0.4) is 0 Å². The minimum atomic E-state index is -4.86. The van der Waals surface area contributed by atoms with Crippen LogP contribution in [-0.2, 0) is 19.6 Å². The summed E-state index contributed by atoms with van der Waals surface area (Å²) < 4.78 is 98.5. The van der Waals surface area contributed by atoms with Crippen molar-refractivity contribution in [3.8, 4) is 0 Å². The normalized spacial score (nSPS) is 11.3. The number of ether oxygens (including phenoxy) is 1. The lowest BCUT2D eigenvalue weighted by molar-refractivity contribution is -0.141. The number of hydrogen-bond donors (Lipinski definition) is 0. The van der Waals surface area contributed by atoms with Crippen molar-refractivity contribution in [3.05, 3.63) is 59.4 Å². The van der Waals surface area contributed by atoms with E-state index in [0.29, 0.717) is 0 Å². The fraction of sp³-hybridized carbons (Fsp3) is 0.188. The summed E-state index contributed by atoms with van der Waals surface area (Å²) in [6, 6.07) is 6.04. The van der Waals surface area contributed by atoms with Crippen LogP contribution in [0.25, 0.3) is 0 Å². The number of sulfonamides is 1. The second-order valence-corrected chi connectivity index (χ2v) is 6.91. The van der Waals surface area contributed by atoms with E-state index < -0.39 is 62.2 Å². The Hall–Kier alpha value is -2.69. The van der Waals surface area contributed by atoms with Crippen molar-refractivity contribution >= 4 is 21.7 Å².